The van der Waals surface area contributed by atoms with Gasteiger partial charge in [-0.1, -0.05) is 6.07 Å². The second-order valence-electron chi connectivity index (χ2n) is 4.76. The Morgan fingerprint density at radius 2 is 2.00 bits per heavy atom. The molecule has 0 aliphatic heterocycles. The molecule has 3 rings (SSSR count). The SMILES string of the molecule is CCOC(=O)c1c(C)c2ccccn2c1-c1ccncc1. The second-order valence-corrected chi connectivity index (χ2v) is 4.76. The lowest BCUT2D eigenvalue weighted by atomic mass is 10.1. The summed E-state index contributed by atoms with van der Waals surface area (Å²) in [7, 11) is 0. The van der Waals surface area contributed by atoms with E-state index in [0.717, 1.165) is 22.3 Å². The number of hydrogen-bond donors (Lipinski definition) is 0. The van der Waals surface area contributed by atoms with Crippen LogP contribution in [0.3, 0.4) is 0 Å². The Hall–Kier alpha value is -2.62. The van der Waals surface area contributed by atoms with Crippen molar-refractivity contribution >= 4 is 11.5 Å². The quantitative estimate of drug-likeness (QED) is 0.690. The molecule has 4 heteroatoms. The minimum atomic E-state index is -0.287. The average Bonchev–Trinajstić information content (AvgIpc) is 2.82. The highest BCUT2D eigenvalue weighted by atomic mass is 16.5. The van der Waals surface area contributed by atoms with E-state index >= 15 is 0 Å². The topological polar surface area (TPSA) is 43.6 Å². The number of carbonyl (C=O) groups excluding carboxylic acids is 1. The fourth-order valence-corrected chi connectivity index (χ4v) is 2.62. The van der Waals surface area contributed by atoms with Crippen LogP contribution in [0.1, 0.15) is 22.8 Å². The van der Waals surface area contributed by atoms with Crippen LogP contribution in [0, 0.1) is 6.92 Å². The molecule has 0 aliphatic carbocycles. The number of aromatic nitrogens is 2. The van der Waals surface area contributed by atoms with Crippen LogP contribution in [0.25, 0.3) is 16.8 Å². The van der Waals surface area contributed by atoms with Gasteiger partial charge in [0, 0.05) is 29.7 Å². The Bertz CT molecular complexity index is 791. The van der Waals surface area contributed by atoms with Crippen molar-refractivity contribution in [2.24, 2.45) is 0 Å². The summed E-state index contributed by atoms with van der Waals surface area (Å²) in [5.41, 5.74) is 4.36. The summed E-state index contributed by atoms with van der Waals surface area (Å²) in [6.45, 7) is 4.13. The zero-order chi connectivity index (χ0) is 14.8. The highest BCUT2D eigenvalue weighted by Gasteiger charge is 2.23. The van der Waals surface area contributed by atoms with Crippen molar-refractivity contribution in [3.63, 3.8) is 0 Å². The smallest absolute Gasteiger partial charge is 0.340 e. The number of ether oxygens (including phenoxy) is 1. The molecule has 0 unspecified atom stereocenters. The fourth-order valence-electron chi connectivity index (χ4n) is 2.62. The molecule has 0 bridgehead atoms. The maximum Gasteiger partial charge on any atom is 0.340 e. The lowest BCUT2D eigenvalue weighted by molar-refractivity contribution is 0.0526. The molecule has 0 saturated carbocycles. The summed E-state index contributed by atoms with van der Waals surface area (Å²) >= 11 is 0. The van der Waals surface area contributed by atoms with E-state index in [-0.39, 0.29) is 5.97 Å². The number of pyridine rings is 2. The normalized spacial score (nSPS) is 10.8. The van der Waals surface area contributed by atoms with Crippen molar-refractivity contribution in [2.45, 2.75) is 13.8 Å². The van der Waals surface area contributed by atoms with Crippen molar-refractivity contribution in [2.75, 3.05) is 6.61 Å². The van der Waals surface area contributed by atoms with Gasteiger partial charge in [-0.05, 0) is 43.7 Å². The molecular weight excluding hydrogens is 264 g/mol. The van der Waals surface area contributed by atoms with Crippen LogP contribution in [0.2, 0.25) is 0 Å². The molecule has 3 aromatic rings. The summed E-state index contributed by atoms with van der Waals surface area (Å²) in [5.74, 6) is -0.287. The minimum Gasteiger partial charge on any atom is -0.462 e. The summed E-state index contributed by atoms with van der Waals surface area (Å²) in [6, 6.07) is 9.72. The number of nitrogens with zero attached hydrogens (tertiary/aromatic N) is 2. The monoisotopic (exact) mass is 280 g/mol. The Kier molecular flexibility index (Phi) is 3.44. The van der Waals surface area contributed by atoms with Crippen molar-refractivity contribution in [1.82, 2.24) is 9.38 Å². The molecule has 0 aromatic carbocycles. The number of aryl methyl sites for hydroxylation is 1. The van der Waals surface area contributed by atoms with Gasteiger partial charge in [0.15, 0.2) is 0 Å². The molecule has 106 valence electrons. The molecule has 0 spiro atoms. The number of hydrogen-bond acceptors (Lipinski definition) is 3. The lowest BCUT2D eigenvalue weighted by Gasteiger charge is -2.06. The number of esters is 1. The maximum absolute atomic E-state index is 12.4. The molecule has 3 heterocycles. The largest absolute Gasteiger partial charge is 0.462 e. The van der Waals surface area contributed by atoms with E-state index in [2.05, 4.69) is 4.98 Å². The van der Waals surface area contributed by atoms with Crippen LogP contribution in [0.15, 0.2) is 48.9 Å². The van der Waals surface area contributed by atoms with Gasteiger partial charge in [0.25, 0.3) is 0 Å². The first kappa shape index (κ1) is 13.4. The lowest BCUT2D eigenvalue weighted by Crippen LogP contribution is -2.07. The van der Waals surface area contributed by atoms with Crippen molar-refractivity contribution in [1.29, 1.82) is 0 Å². The van der Waals surface area contributed by atoms with Crippen LogP contribution < -0.4 is 0 Å². The van der Waals surface area contributed by atoms with E-state index in [1.165, 1.54) is 0 Å². The van der Waals surface area contributed by atoms with Crippen molar-refractivity contribution in [3.8, 4) is 11.3 Å². The maximum atomic E-state index is 12.4. The number of carbonyl (C=O) groups is 1. The summed E-state index contributed by atoms with van der Waals surface area (Å²) in [5, 5.41) is 0. The fraction of sp³-hybridized carbons (Fsp3) is 0.176. The Labute approximate surface area is 123 Å². The highest BCUT2D eigenvalue weighted by Crippen LogP contribution is 2.31. The molecule has 0 saturated heterocycles. The second kappa shape index (κ2) is 5.40. The van der Waals surface area contributed by atoms with Crippen LogP contribution in [0.4, 0.5) is 0 Å². The van der Waals surface area contributed by atoms with Gasteiger partial charge in [0.1, 0.15) is 0 Å². The first-order valence-electron chi connectivity index (χ1n) is 6.91. The highest BCUT2D eigenvalue weighted by molar-refractivity contribution is 6.01. The third-order valence-electron chi connectivity index (χ3n) is 3.53. The van der Waals surface area contributed by atoms with Gasteiger partial charge in [-0.2, -0.15) is 0 Å². The Morgan fingerprint density at radius 1 is 1.24 bits per heavy atom. The zero-order valence-electron chi connectivity index (χ0n) is 12.0. The summed E-state index contributed by atoms with van der Waals surface area (Å²) in [4.78, 5) is 16.4. The first-order valence-corrected chi connectivity index (χ1v) is 6.91. The van der Waals surface area contributed by atoms with E-state index < -0.39 is 0 Å². The summed E-state index contributed by atoms with van der Waals surface area (Å²) < 4.78 is 7.26. The van der Waals surface area contributed by atoms with Gasteiger partial charge in [-0.25, -0.2) is 4.79 Å². The standard InChI is InChI=1S/C17H16N2O2/c1-3-21-17(20)15-12(2)14-6-4-5-11-19(14)16(15)13-7-9-18-10-8-13/h4-11H,3H2,1-2H3. The molecule has 0 aliphatic rings. The van der Waals surface area contributed by atoms with E-state index in [9.17, 15) is 4.79 Å². The van der Waals surface area contributed by atoms with Gasteiger partial charge in [-0.15, -0.1) is 0 Å². The molecule has 0 fully saturated rings. The van der Waals surface area contributed by atoms with E-state index in [1.807, 2.05) is 54.8 Å². The van der Waals surface area contributed by atoms with Crippen LogP contribution in [-0.2, 0) is 4.74 Å². The van der Waals surface area contributed by atoms with Crippen molar-refractivity contribution in [3.05, 3.63) is 60.0 Å². The predicted molar refractivity (Wildman–Crippen MR) is 81.3 cm³/mol. The van der Waals surface area contributed by atoms with Crippen LogP contribution in [0.5, 0.6) is 0 Å². The average molecular weight is 280 g/mol. The Morgan fingerprint density at radius 3 is 2.71 bits per heavy atom. The molecule has 0 amide bonds. The predicted octanol–water partition coefficient (Wildman–Crippen LogP) is 3.49. The van der Waals surface area contributed by atoms with E-state index in [1.54, 1.807) is 12.4 Å². The van der Waals surface area contributed by atoms with Crippen molar-refractivity contribution < 1.29 is 9.53 Å². The minimum absolute atomic E-state index is 0.287. The first-order chi connectivity index (χ1) is 10.2. The van der Waals surface area contributed by atoms with E-state index in [0.29, 0.717) is 12.2 Å². The van der Waals surface area contributed by atoms with Gasteiger partial charge in [0.2, 0.25) is 0 Å². The van der Waals surface area contributed by atoms with Gasteiger partial charge in [0.05, 0.1) is 17.9 Å². The molecule has 0 radical (unpaired) electrons. The van der Waals surface area contributed by atoms with Crippen LogP contribution in [-0.4, -0.2) is 22.0 Å². The third kappa shape index (κ3) is 2.18. The molecule has 21 heavy (non-hydrogen) atoms. The Balaban J connectivity index is 2.35. The number of rotatable bonds is 3. The summed E-state index contributed by atoms with van der Waals surface area (Å²) in [6.07, 6.45) is 5.41. The zero-order valence-corrected chi connectivity index (χ0v) is 12.0. The van der Waals surface area contributed by atoms with E-state index in [4.69, 9.17) is 4.74 Å². The third-order valence-corrected chi connectivity index (χ3v) is 3.53. The molecule has 0 atom stereocenters. The number of fused-ring (bicyclic) bond motifs is 1. The molecular formula is C17H16N2O2. The molecule has 3 aromatic heterocycles. The molecule has 0 N–H and O–H groups in total. The van der Waals surface area contributed by atoms with Gasteiger partial charge >= 0.3 is 5.97 Å². The molecule has 4 nitrogen and oxygen atoms in total. The van der Waals surface area contributed by atoms with Gasteiger partial charge < -0.3 is 9.14 Å². The van der Waals surface area contributed by atoms with Crippen LogP contribution >= 0.6 is 0 Å². The van der Waals surface area contributed by atoms with Gasteiger partial charge in [-0.3, -0.25) is 4.98 Å².